The lowest BCUT2D eigenvalue weighted by Gasteiger charge is -2.08. The van der Waals surface area contributed by atoms with Crippen LogP contribution in [0.15, 0.2) is 42.5 Å². The predicted molar refractivity (Wildman–Crippen MR) is 84.1 cm³/mol. The van der Waals surface area contributed by atoms with E-state index in [1.807, 2.05) is 25.1 Å². The van der Waals surface area contributed by atoms with Crippen LogP contribution in [0.3, 0.4) is 0 Å². The molecule has 0 aliphatic rings. The average molecular weight is 283 g/mol. The largest absolute Gasteiger partial charge is 0.233 e. The molecule has 1 heterocycles. The number of rotatable bonds is 2. The number of aryl methyl sites for hydroxylation is 1. The molecule has 0 aliphatic carbocycles. The Morgan fingerprint density at radius 2 is 1.75 bits per heavy atom. The first kappa shape index (κ1) is 13.1. The van der Waals surface area contributed by atoms with Crippen LogP contribution >= 0.6 is 11.6 Å². The number of hydrogen-bond acceptors (Lipinski definition) is 2. The Morgan fingerprint density at radius 1 is 1.00 bits per heavy atom. The van der Waals surface area contributed by atoms with Gasteiger partial charge in [-0.1, -0.05) is 54.9 Å². The maximum Gasteiger partial charge on any atom is 0.161 e. The highest BCUT2D eigenvalue weighted by atomic mass is 35.5. The minimum Gasteiger partial charge on any atom is -0.233 e. The van der Waals surface area contributed by atoms with Crippen LogP contribution in [-0.4, -0.2) is 9.97 Å². The molecule has 0 aliphatic heterocycles. The quantitative estimate of drug-likeness (QED) is 0.630. The smallest absolute Gasteiger partial charge is 0.161 e. The van der Waals surface area contributed by atoms with Gasteiger partial charge in [-0.15, -0.1) is 0 Å². The Hall–Kier alpha value is -1.93. The molecule has 0 amide bonds. The normalized spacial score (nSPS) is 10.9. The van der Waals surface area contributed by atoms with Gasteiger partial charge in [0.2, 0.25) is 0 Å². The van der Waals surface area contributed by atoms with E-state index in [4.69, 9.17) is 11.6 Å². The van der Waals surface area contributed by atoms with E-state index in [1.165, 1.54) is 10.8 Å². The highest BCUT2D eigenvalue weighted by Crippen LogP contribution is 2.25. The number of aromatic nitrogens is 2. The number of fused-ring (bicyclic) bond motifs is 1. The van der Waals surface area contributed by atoms with Crippen LogP contribution < -0.4 is 0 Å². The maximum atomic E-state index is 6.21. The monoisotopic (exact) mass is 282 g/mol. The summed E-state index contributed by atoms with van der Waals surface area (Å²) in [6.07, 6.45) is 0.856. The lowest BCUT2D eigenvalue weighted by Crippen LogP contribution is -1.99. The van der Waals surface area contributed by atoms with Crippen molar-refractivity contribution in [2.45, 2.75) is 20.3 Å². The van der Waals surface area contributed by atoms with Gasteiger partial charge in [0.05, 0.1) is 0 Å². The minimum absolute atomic E-state index is 0.542. The Balaban J connectivity index is 2.17. The van der Waals surface area contributed by atoms with Crippen LogP contribution in [0.5, 0.6) is 0 Å². The molecule has 3 aromatic rings. The minimum atomic E-state index is 0.542. The van der Waals surface area contributed by atoms with Crippen molar-refractivity contribution in [3.05, 3.63) is 58.9 Å². The van der Waals surface area contributed by atoms with E-state index in [-0.39, 0.29) is 0 Å². The molecule has 0 N–H and O–H groups in total. The van der Waals surface area contributed by atoms with E-state index < -0.39 is 0 Å². The summed E-state index contributed by atoms with van der Waals surface area (Å²) in [5.74, 6) is 0.697. The fourth-order valence-corrected chi connectivity index (χ4v) is 2.52. The van der Waals surface area contributed by atoms with Gasteiger partial charge in [0, 0.05) is 16.8 Å². The molecule has 3 rings (SSSR count). The van der Waals surface area contributed by atoms with Gasteiger partial charge in [-0.25, -0.2) is 9.97 Å². The zero-order chi connectivity index (χ0) is 14.1. The van der Waals surface area contributed by atoms with Crippen molar-refractivity contribution >= 4 is 22.4 Å². The van der Waals surface area contributed by atoms with Gasteiger partial charge in [-0.3, -0.25) is 0 Å². The summed E-state index contributed by atoms with van der Waals surface area (Å²) in [6.45, 7) is 4.04. The van der Waals surface area contributed by atoms with Crippen molar-refractivity contribution in [2.24, 2.45) is 0 Å². The predicted octanol–water partition coefficient (Wildman–Crippen LogP) is 4.82. The van der Waals surface area contributed by atoms with Gasteiger partial charge in [0.15, 0.2) is 5.82 Å². The molecular formula is C17H15ClN2. The maximum absolute atomic E-state index is 6.21. The molecule has 100 valence electrons. The Kier molecular flexibility index (Phi) is 3.41. The molecule has 1 aromatic heterocycles. The van der Waals surface area contributed by atoms with E-state index in [2.05, 4.69) is 41.2 Å². The Morgan fingerprint density at radius 3 is 2.50 bits per heavy atom. The number of nitrogens with zero attached hydrogens (tertiary/aromatic N) is 2. The molecule has 0 bridgehead atoms. The average Bonchev–Trinajstić information content (AvgIpc) is 2.49. The summed E-state index contributed by atoms with van der Waals surface area (Å²) in [5.41, 5.74) is 2.98. The van der Waals surface area contributed by atoms with Crippen molar-refractivity contribution in [1.82, 2.24) is 9.97 Å². The van der Waals surface area contributed by atoms with E-state index in [0.29, 0.717) is 11.0 Å². The second-order valence-corrected chi connectivity index (χ2v) is 5.18. The molecule has 3 heteroatoms. The van der Waals surface area contributed by atoms with Gasteiger partial charge < -0.3 is 0 Å². The third-order valence-electron chi connectivity index (χ3n) is 3.53. The molecule has 0 spiro atoms. The van der Waals surface area contributed by atoms with Gasteiger partial charge >= 0.3 is 0 Å². The third-order valence-corrected chi connectivity index (χ3v) is 3.90. The molecule has 0 radical (unpaired) electrons. The molecule has 2 nitrogen and oxygen atoms in total. The lowest BCUT2D eigenvalue weighted by molar-refractivity contribution is 0.977. The molecule has 0 fully saturated rings. The summed E-state index contributed by atoms with van der Waals surface area (Å²) >= 11 is 6.21. The zero-order valence-corrected chi connectivity index (χ0v) is 12.3. The molecule has 0 saturated carbocycles. The van der Waals surface area contributed by atoms with Crippen LogP contribution in [-0.2, 0) is 6.42 Å². The SMILES string of the molecule is CCc1nc(-c2ccc3ccccc3c2)nc(Cl)c1C. The van der Waals surface area contributed by atoms with E-state index in [9.17, 15) is 0 Å². The van der Waals surface area contributed by atoms with Crippen LogP contribution in [0.1, 0.15) is 18.2 Å². The molecule has 2 aromatic carbocycles. The zero-order valence-electron chi connectivity index (χ0n) is 11.5. The first-order chi connectivity index (χ1) is 9.69. The van der Waals surface area contributed by atoms with Crippen molar-refractivity contribution in [3.63, 3.8) is 0 Å². The summed E-state index contributed by atoms with van der Waals surface area (Å²) in [5, 5.41) is 2.94. The summed E-state index contributed by atoms with van der Waals surface area (Å²) < 4.78 is 0. The molecular weight excluding hydrogens is 268 g/mol. The van der Waals surface area contributed by atoms with Crippen molar-refractivity contribution < 1.29 is 0 Å². The second-order valence-electron chi connectivity index (χ2n) is 4.83. The van der Waals surface area contributed by atoms with Crippen molar-refractivity contribution in [1.29, 1.82) is 0 Å². The lowest BCUT2D eigenvalue weighted by atomic mass is 10.1. The fraction of sp³-hybridized carbons (Fsp3) is 0.176. The summed E-state index contributed by atoms with van der Waals surface area (Å²) in [4.78, 5) is 9.05. The second kappa shape index (κ2) is 5.22. The van der Waals surface area contributed by atoms with Crippen LogP contribution in [0.4, 0.5) is 0 Å². The topological polar surface area (TPSA) is 25.8 Å². The Labute approximate surface area is 123 Å². The molecule has 0 saturated heterocycles. The summed E-state index contributed by atoms with van der Waals surface area (Å²) in [7, 11) is 0. The first-order valence-corrected chi connectivity index (χ1v) is 7.09. The standard InChI is InChI=1S/C17H15ClN2/c1-3-15-11(2)16(18)20-17(19-15)14-9-8-12-6-4-5-7-13(12)10-14/h4-10H,3H2,1-2H3. The van der Waals surface area contributed by atoms with E-state index in [0.717, 1.165) is 23.2 Å². The number of hydrogen-bond donors (Lipinski definition) is 0. The van der Waals surface area contributed by atoms with Gasteiger partial charge in [-0.05, 0) is 30.2 Å². The van der Waals surface area contributed by atoms with Crippen LogP contribution in [0.25, 0.3) is 22.2 Å². The fourth-order valence-electron chi connectivity index (χ4n) is 2.33. The highest BCUT2D eigenvalue weighted by Gasteiger charge is 2.10. The van der Waals surface area contributed by atoms with Gasteiger partial charge in [0.25, 0.3) is 0 Å². The molecule has 20 heavy (non-hydrogen) atoms. The molecule has 0 unspecified atom stereocenters. The van der Waals surface area contributed by atoms with Gasteiger partial charge in [0.1, 0.15) is 5.15 Å². The van der Waals surface area contributed by atoms with E-state index >= 15 is 0 Å². The number of halogens is 1. The van der Waals surface area contributed by atoms with Crippen LogP contribution in [0, 0.1) is 6.92 Å². The van der Waals surface area contributed by atoms with Crippen molar-refractivity contribution in [2.75, 3.05) is 0 Å². The van der Waals surface area contributed by atoms with E-state index in [1.54, 1.807) is 0 Å². The van der Waals surface area contributed by atoms with Gasteiger partial charge in [-0.2, -0.15) is 0 Å². The molecule has 0 atom stereocenters. The first-order valence-electron chi connectivity index (χ1n) is 6.71. The Bertz CT molecular complexity index is 781. The van der Waals surface area contributed by atoms with Crippen LogP contribution in [0.2, 0.25) is 5.15 Å². The highest BCUT2D eigenvalue weighted by molar-refractivity contribution is 6.30. The third kappa shape index (κ3) is 2.27. The summed E-state index contributed by atoms with van der Waals surface area (Å²) in [6, 6.07) is 14.5. The number of benzene rings is 2. The van der Waals surface area contributed by atoms with Crippen molar-refractivity contribution in [3.8, 4) is 11.4 Å².